The Morgan fingerprint density at radius 1 is 1.40 bits per heavy atom. The number of nitrogens with zero attached hydrogens (tertiary/aromatic N) is 2. The van der Waals surface area contributed by atoms with E-state index in [0.717, 1.165) is 25.7 Å². The Bertz CT molecular complexity index is 754. The summed E-state index contributed by atoms with van der Waals surface area (Å²) in [4.78, 5) is 24.2. The van der Waals surface area contributed by atoms with Crippen LogP contribution in [0.15, 0.2) is 39.7 Å². The smallest absolute Gasteiger partial charge is 0.266 e. The zero-order chi connectivity index (χ0) is 17.6. The Kier molecular flexibility index (Phi) is 5.65. The van der Waals surface area contributed by atoms with Gasteiger partial charge in [-0.15, -0.1) is 0 Å². The van der Waals surface area contributed by atoms with E-state index in [2.05, 4.69) is 10.4 Å². The topological polar surface area (TPSA) is 86.4 Å². The summed E-state index contributed by atoms with van der Waals surface area (Å²) in [5.74, 6) is 0.612. The molecule has 0 aliphatic heterocycles. The molecule has 2 heterocycles. The molecule has 1 aliphatic rings. The third kappa shape index (κ3) is 4.36. The molecule has 3 rings (SSSR count). The van der Waals surface area contributed by atoms with Crippen molar-refractivity contribution in [3.8, 4) is 11.5 Å². The van der Waals surface area contributed by atoms with Crippen LogP contribution >= 0.6 is 0 Å². The van der Waals surface area contributed by atoms with Crippen molar-refractivity contribution in [3.05, 3.63) is 40.9 Å². The van der Waals surface area contributed by atoms with Crippen LogP contribution in [0, 0.1) is 5.92 Å². The Morgan fingerprint density at radius 2 is 2.28 bits per heavy atom. The van der Waals surface area contributed by atoms with Gasteiger partial charge in [0.1, 0.15) is 5.69 Å². The predicted molar refractivity (Wildman–Crippen MR) is 92.0 cm³/mol. The van der Waals surface area contributed by atoms with Gasteiger partial charge in [-0.05, 0) is 37.5 Å². The molecule has 0 aromatic carbocycles. The average molecular weight is 345 g/mol. The van der Waals surface area contributed by atoms with Gasteiger partial charge in [0.25, 0.3) is 5.56 Å². The first-order valence-electron chi connectivity index (χ1n) is 8.60. The van der Waals surface area contributed by atoms with Crippen LogP contribution in [0.4, 0.5) is 0 Å². The summed E-state index contributed by atoms with van der Waals surface area (Å²) in [5.41, 5.74) is 0.382. The number of carbonyl (C=O) groups is 1. The van der Waals surface area contributed by atoms with E-state index in [0.29, 0.717) is 24.5 Å². The molecule has 1 N–H and O–H groups in total. The summed E-state index contributed by atoms with van der Waals surface area (Å²) >= 11 is 0. The molecule has 7 nitrogen and oxygen atoms in total. The van der Waals surface area contributed by atoms with E-state index >= 15 is 0 Å². The number of carbonyl (C=O) groups excluding carboxylic acids is 1. The highest BCUT2D eigenvalue weighted by Gasteiger charge is 2.26. The van der Waals surface area contributed by atoms with Gasteiger partial charge in [-0.25, -0.2) is 4.68 Å². The summed E-state index contributed by atoms with van der Waals surface area (Å²) in [6, 6.07) is 6.64. The molecule has 25 heavy (non-hydrogen) atoms. The Morgan fingerprint density at radius 3 is 3.04 bits per heavy atom. The highest BCUT2D eigenvalue weighted by atomic mass is 16.5. The fourth-order valence-corrected chi connectivity index (χ4v) is 3.19. The molecule has 1 aliphatic carbocycles. The molecule has 134 valence electrons. The maximum atomic E-state index is 12.3. The summed E-state index contributed by atoms with van der Waals surface area (Å²) in [6.07, 6.45) is 5.39. The monoisotopic (exact) mass is 345 g/mol. The van der Waals surface area contributed by atoms with E-state index in [9.17, 15) is 9.59 Å². The summed E-state index contributed by atoms with van der Waals surface area (Å²) in [7, 11) is 1.69. The molecule has 2 aromatic heterocycles. The highest BCUT2D eigenvalue weighted by Crippen LogP contribution is 2.26. The Balaban J connectivity index is 1.56. The summed E-state index contributed by atoms with van der Waals surface area (Å²) in [5, 5.41) is 7.20. The third-order valence-corrected chi connectivity index (χ3v) is 4.59. The quantitative estimate of drug-likeness (QED) is 0.863. The van der Waals surface area contributed by atoms with Crippen molar-refractivity contribution in [1.82, 2.24) is 15.1 Å². The zero-order valence-corrected chi connectivity index (χ0v) is 14.3. The standard InChI is InChI=1S/C18H23N3O4/c1-24-14-5-2-4-13(12-14)18(23)19-9-10-21-17(22)8-7-15(20-21)16-6-3-11-25-16/h3,6-8,11,13-14H,2,4-5,9-10,12H2,1H3,(H,19,23)/t13-,14-/m0/s1. The van der Waals surface area contributed by atoms with Crippen LogP contribution in [0.1, 0.15) is 25.7 Å². The lowest BCUT2D eigenvalue weighted by atomic mass is 9.86. The number of furan rings is 1. The Hall–Kier alpha value is -2.41. The zero-order valence-electron chi connectivity index (χ0n) is 14.3. The van der Waals surface area contributed by atoms with Gasteiger partial charge in [-0.2, -0.15) is 5.10 Å². The molecule has 1 amide bonds. The van der Waals surface area contributed by atoms with Gasteiger partial charge < -0.3 is 14.5 Å². The van der Waals surface area contributed by atoms with Crippen LogP contribution in [0.25, 0.3) is 11.5 Å². The molecule has 7 heteroatoms. The van der Waals surface area contributed by atoms with Crippen molar-refractivity contribution in [2.75, 3.05) is 13.7 Å². The number of hydrogen-bond donors (Lipinski definition) is 1. The normalized spacial score (nSPS) is 20.4. The molecular weight excluding hydrogens is 322 g/mol. The van der Waals surface area contributed by atoms with Crippen molar-refractivity contribution >= 4 is 5.91 Å². The first kappa shape index (κ1) is 17.4. The molecule has 1 saturated carbocycles. The van der Waals surface area contributed by atoms with E-state index in [-0.39, 0.29) is 23.5 Å². The first-order chi connectivity index (χ1) is 12.2. The number of methoxy groups -OCH3 is 1. The molecule has 2 aromatic rings. The van der Waals surface area contributed by atoms with Crippen molar-refractivity contribution in [2.24, 2.45) is 5.92 Å². The second kappa shape index (κ2) is 8.11. The van der Waals surface area contributed by atoms with Crippen LogP contribution in [0.5, 0.6) is 0 Å². The van der Waals surface area contributed by atoms with Gasteiger partial charge >= 0.3 is 0 Å². The molecule has 1 fully saturated rings. The second-order valence-electron chi connectivity index (χ2n) is 6.27. The van der Waals surface area contributed by atoms with E-state index < -0.39 is 0 Å². The van der Waals surface area contributed by atoms with E-state index in [1.54, 1.807) is 31.6 Å². The summed E-state index contributed by atoms with van der Waals surface area (Å²) in [6.45, 7) is 0.682. The first-order valence-corrected chi connectivity index (χ1v) is 8.60. The second-order valence-corrected chi connectivity index (χ2v) is 6.27. The van der Waals surface area contributed by atoms with Gasteiger partial charge in [-0.1, -0.05) is 6.42 Å². The van der Waals surface area contributed by atoms with Crippen molar-refractivity contribution < 1.29 is 13.9 Å². The molecule has 0 saturated heterocycles. The fraction of sp³-hybridized carbons (Fsp3) is 0.500. The number of aromatic nitrogens is 2. The van der Waals surface area contributed by atoms with Gasteiger partial charge in [0.15, 0.2) is 5.76 Å². The molecule has 0 spiro atoms. The van der Waals surface area contributed by atoms with Crippen LogP contribution in [-0.4, -0.2) is 35.4 Å². The van der Waals surface area contributed by atoms with Gasteiger partial charge in [0.05, 0.1) is 18.9 Å². The predicted octanol–water partition coefficient (Wildman–Crippen LogP) is 1.82. The highest BCUT2D eigenvalue weighted by molar-refractivity contribution is 5.78. The third-order valence-electron chi connectivity index (χ3n) is 4.59. The minimum Gasteiger partial charge on any atom is -0.463 e. The van der Waals surface area contributed by atoms with Gasteiger partial charge in [0.2, 0.25) is 5.91 Å². The van der Waals surface area contributed by atoms with Gasteiger partial charge in [0, 0.05) is 25.6 Å². The largest absolute Gasteiger partial charge is 0.463 e. The van der Waals surface area contributed by atoms with Gasteiger partial charge in [-0.3, -0.25) is 9.59 Å². The minimum absolute atomic E-state index is 0.0159. The van der Waals surface area contributed by atoms with Crippen LogP contribution in [0.3, 0.4) is 0 Å². The van der Waals surface area contributed by atoms with Crippen molar-refractivity contribution in [2.45, 2.75) is 38.3 Å². The van der Waals surface area contributed by atoms with Crippen LogP contribution in [0.2, 0.25) is 0 Å². The van der Waals surface area contributed by atoms with Crippen molar-refractivity contribution in [1.29, 1.82) is 0 Å². The SMILES string of the molecule is CO[C@H]1CCC[C@H](C(=O)NCCn2nc(-c3ccco3)ccc2=O)C1. The van der Waals surface area contributed by atoms with E-state index in [1.807, 2.05) is 0 Å². The van der Waals surface area contributed by atoms with Crippen molar-refractivity contribution in [3.63, 3.8) is 0 Å². The lowest BCUT2D eigenvalue weighted by Crippen LogP contribution is -2.38. The summed E-state index contributed by atoms with van der Waals surface area (Å²) < 4.78 is 12.0. The molecule has 0 bridgehead atoms. The van der Waals surface area contributed by atoms with Crippen LogP contribution in [-0.2, 0) is 16.1 Å². The lowest BCUT2D eigenvalue weighted by molar-refractivity contribution is -0.127. The lowest BCUT2D eigenvalue weighted by Gasteiger charge is -2.27. The van der Waals surface area contributed by atoms with E-state index in [1.165, 1.54) is 10.7 Å². The minimum atomic E-state index is -0.207. The number of ether oxygens (including phenoxy) is 1. The molecule has 2 atom stereocenters. The van der Waals surface area contributed by atoms with Crippen LogP contribution < -0.4 is 10.9 Å². The number of amides is 1. The fourth-order valence-electron chi connectivity index (χ4n) is 3.19. The number of rotatable bonds is 6. The average Bonchev–Trinajstić information content (AvgIpc) is 3.18. The van der Waals surface area contributed by atoms with E-state index in [4.69, 9.17) is 9.15 Å². The molecular formula is C18H23N3O4. The number of hydrogen-bond acceptors (Lipinski definition) is 5. The molecule has 0 radical (unpaired) electrons. The number of nitrogens with one attached hydrogen (secondary N) is 1. The maximum Gasteiger partial charge on any atom is 0.266 e. The molecule has 0 unspecified atom stereocenters. The maximum absolute atomic E-state index is 12.3. The Labute approximate surface area is 146 Å².